The average Bonchev–Trinajstić information content (AvgIpc) is 2.25. The van der Waals surface area contributed by atoms with Gasteiger partial charge in [-0.3, -0.25) is 4.72 Å². The lowest BCUT2D eigenvalue weighted by atomic mass is 10.2. The van der Waals surface area contributed by atoms with E-state index in [4.69, 9.17) is 29.6 Å². The summed E-state index contributed by atoms with van der Waals surface area (Å²) in [4.78, 5) is 0.125. The molecule has 0 unspecified atom stereocenters. The van der Waals surface area contributed by atoms with Crippen LogP contribution in [-0.2, 0) is 10.0 Å². The lowest BCUT2D eigenvalue weighted by molar-refractivity contribution is 0.598. The molecule has 0 aliphatic heterocycles. The molecular weight excluding hydrogens is 292 g/mol. The maximum absolute atomic E-state index is 11.8. The summed E-state index contributed by atoms with van der Waals surface area (Å²) in [5.41, 5.74) is 6.33. The lowest BCUT2D eigenvalue weighted by Gasteiger charge is -2.12. The van der Waals surface area contributed by atoms with Gasteiger partial charge in [-0.2, -0.15) is 0 Å². The number of benzene rings is 1. The Morgan fingerprint density at radius 3 is 2.72 bits per heavy atom. The van der Waals surface area contributed by atoms with Crippen LogP contribution in [0.15, 0.2) is 18.2 Å². The third-order valence-corrected chi connectivity index (χ3v) is 4.09. The van der Waals surface area contributed by atoms with Crippen molar-refractivity contribution in [1.29, 1.82) is 0 Å². The van der Waals surface area contributed by atoms with Gasteiger partial charge in [-0.1, -0.05) is 37.2 Å². The summed E-state index contributed by atoms with van der Waals surface area (Å²) in [6.45, 7) is 1.93. The van der Waals surface area contributed by atoms with Gasteiger partial charge in [-0.05, 0) is 24.6 Å². The van der Waals surface area contributed by atoms with E-state index >= 15 is 0 Å². The van der Waals surface area contributed by atoms with Crippen LogP contribution in [0.25, 0.3) is 0 Å². The molecule has 1 aromatic rings. The molecule has 1 rings (SSSR count). The quantitative estimate of drug-likeness (QED) is 0.792. The van der Waals surface area contributed by atoms with Gasteiger partial charge in [0.05, 0.1) is 11.4 Å². The van der Waals surface area contributed by atoms with Crippen molar-refractivity contribution in [1.82, 2.24) is 0 Å². The summed E-state index contributed by atoms with van der Waals surface area (Å²) in [5.74, 6) is 0.0623. The van der Waals surface area contributed by atoms with Crippen LogP contribution in [0.4, 0.5) is 5.69 Å². The van der Waals surface area contributed by atoms with Crippen molar-refractivity contribution in [2.75, 3.05) is 10.5 Å². The van der Waals surface area contributed by atoms with Crippen LogP contribution in [0, 0.1) is 0 Å². The van der Waals surface area contributed by atoms with Crippen LogP contribution >= 0.6 is 23.8 Å². The SMILES string of the molecule is CCCCS(=O)(=O)Nc1cc(Cl)ccc1C(N)=S. The molecule has 0 spiro atoms. The normalized spacial score (nSPS) is 11.2. The minimum absolute atomic E-state index is 0.0623. The highest BCUT2D eigenvalue weighted by Crippen LogP contribution is 2.22. The molecule has 0 saturated carbocycles. The van der Waals surface area contributed by atoms with Crippen molar-refractivity contribution in [3.8, 4) is 0 Å². The Hall–Kier alpha value is -0.850. The molecule has 0 radical (unpaired) electrons. The number of rotatable bonds is 6. The molecule has 4 nitrogen and oxygen atoms in total. The predicted octanol–water partition coefficient (Wildman–Crippen LogP) is 2.52. The van der Waals surface area contributed by atoms with E-state index in [2.05, 4.69) is 4.72 Å². The first-order valence-corrected chi connectivity index (χ1v) is 7.89. The Kier molecular flexibility index (Phi) is 5.37. The van der Waals surface area contributed by atoms with Crippen molar-refractivity contribution in [2.24, 2.45) is 5.73 Å². The van der Waals surface area contributed by atoms with Crippen molar-refractivity contribution in [3.63, 3.8) is 0 Å². The molecule has 0 saturated heterocycles. The Morgan fingerprint density at radius 2 is 2.17 bits per heavy atom. The molecule has 0 aliphatic rings. The van der Waals surface area contributed by atoms with Gasteiger partial charge in [0.25, 0.3) is 0 Å². The summed E-state index contributed by atoms with van der Waals surface area (Å²) in [5, 5.41) is 0.420. The fourth-order valence-electron chi connectivity index (χ4n) is 1.37. The summed E-state index contributed by atoms with van der Waals surface area (Å²) in [6, 6.07) is 4.71. The third-order valence-electron chi connectivity index (χ3n) is 2.28. The number of nitrogens with one attached hydrogen (secondary N) is 1. The number of nitrogens with two attached hydrogens (primary N) is 1. The topological polar surface area (TPSA) is 72.2 Å². The fourth-order valence-corrected chi connectivity index (χ4v) is 2.99. The molecule has 0 bridgehead atoms. The molecule has 1 aromatic carbocycles. The van der Waals surface area contributed by atoms with E-state index in [9.17, 15) is 8.42 Å². The fraction of sp³-hybridized carbons (Fsp3) is 0.364. The summed E-state index contributed by atoms with van der Waals surface area (Å²) >= 11 is 10.7. The van der Waals surface area contributed by atoms with E-state index in [-0.39, 0.29) is 10.7 Å². The zero-order valence-corrected chi connectivity index (χ0v) is 12.3. The van der Waals surface area contributed by atoms with Gasteiger partial charge in [0.15, 0.2) is 0 Å². The summed E-state index contributed by atoms with van der Waals surface area (Å²) < 4.78 is 26.1. The number of halogens is 1. The maximum atomic E-state index is 11.8. The van der Waals surface area contributed by atoms with Crippen LogP contribution in [-0.4, -0.2) is 19.2 Å². The zero-order chi connectivity index (χ0) is 13.8. The van der Waals surface area contributed by atoms with E-state index in [1.807, 2.05) is 6.92 Å². The predicted molar refractivity (Wildman–Crippen MR) is 79.7 cm³/mol. The van der Waals surface area contributed by atoms with E-state index in [0.29, 0.717) is 22.7 Å². The van der Waals surface area contributed by atoms with Crippen molar-refractivity contribution in [3.05, 3.63) is 28.8 Å². The van der Waals surface area contributed by atoms with E-state index in [1.54, 1.807) is 12.1 Å². The Labute approximate surface area is 118 Å². The van der Waals surface area contributed by atoms with Gasteiger partial charge in [-0.25, -0.2) is 8.42 Å². The Morgan fingerprint density at radius 1 is 1.50 bits per heavy atom. The zero-order valence-electron chi connectivity index (χ0n) is 9.94. The minimum Gasteiger partial charge on any atom is -0.389 e. The standard InChI is InChI=1S/C11H15ClN2O2S2/c1-2-3-6-18(15,16)14-10-7-8(12)4-5-9(10)11(13)17/h4-5,7,14H,2-3,6H2,1H3,(H2,13,17). The summed E-state index contributed by atoms with van der Waals surface area (Å²) in [6.07, 6.45) is 1.40. The highest BCUT2D eigenvalue weighted by atomic mass is 35.5. The lowest BCUT2D eigenvalue weighted by Crippen LogP contribution is -2.20. The number of hydrogen-bond donors (Lipinski definition) is 2. The Balaban J connectivity index is 3.02. The molecule has 0 heterocycles. The van der Waals surface area contributed by atoms with Crippen LogP contribution in [0.2, 0.25) is 5.02 Å². The van der Waals surface area contributed by atoms with E-state index < -0.39 is 10.0 Å². The average molecular weight is 307 g/mol. The molecule has 7 heteroatoms. The van der Waals surface area contributed by atoms with Crippen molar-refractivity contribution in [2.45, 2.75) is 19.8 Å². The van der Waals surface area contributed by atoms with E-state index in [0.717, 1.165) is 6.42 Å². The smallest absolute Gasteiger partial charge is 0.232 e. The molecular formula is C11H15ClN2O2S2. The number of hydrogen-bond acceptors (Lipinski definition) is 3. The minimum atomic E-state index is -3.39. The molecule has 0 aliphatic carbocycles. The van der Waals surface area contributed by atoms with Gasteiger partial charge < -0.3 is 5.73 Å². The molecule has 0 amide bonds. The van der Waals surface area contributed by atoms with Gasteiger partial charge in [0.2, 0.25) is 10.0 Å². The monoisotopic (exact) mass is 306 g/mol. The highest BCUT2D eigenvalue weighted by Gasteiger charge is 2.14. The number of sulfonamides is 1. The highest BCUT2D eigenvalue weighted by molar-refractivity contribution is 7.92. The first-order valence-electron chi connectivity index (χ1n) is 5.45. The van der Waals surface area contributed by atoms with Gasteiger partial charge in [-0.15, -0.1) is 0 Å². The van der Waals surface area contributed by atoms with Crippen molar-refractivity contribution < 1.29 is 8.42 Å². The van der Waals surface area contributed by atoms with Gasteiger partial charge in [0.1, 0.15) is 4.99 Å². The van der Waals surface area contributed by atoms with Gasteiger partial charge >= 0.3 is 0 Å². The molecule has 100 valence electrons. The van der Waals surface area contributed by atoms with E-state index in [1.165, 1.54) is 6.07 Å². The molecule has 3 N–H and O–H groups in total. The molecule has 0 aromatic heterocycles. The maximum Gasteiger partial charge on any atom is 0.232 e. The second-order valence-corrected chi connectivity index (χ2v) is 6.55. The van der Waals surface area contributed by atoms with Crippen molar-refractivity contribution >= 4 is 44.5 Å². The largest absolute Gasteiger partial charge is 0.389 e. The number of anilines is 1. The first kappa shape index (κ1) is 15.2. The first-order chi connectivity index (χ1) is 8.35. The second kappa shape index (κ2) is 6.36. The number of thiocarbonyl (C=S) groups is 1. The Bertz CT molecular complexity index is 544. The van der Waals surface area contributed by atoms with Crippen LogP contribution in [0.3, 0.4) is 0 Å². The second-order valence-electron chi connectivity index (χ2n) is 3.83. The molecule has 0 fully saturated rings. The third kappa shape index (κ3) is 4.44. The summed E-state index contributed by atoms with van der Waals surface area (Å²) in [7, 11) is -3.39. The van der Waals surface area contributed by atoms with Gasteiger partial charge in [0, 0.05) is 10.6 Å². The van der Waals surface area contributed by atoms with Crippen LogP contribution in [0.1, 0.15) is 25.3 Å². The van der Waals surface area contributed by atoms with Crippen LogP contribution < -0.4 is 10.5 Å². The number of unbranched alkanes of at least 4 members (excludes halogenated alkanes) is 1. The van der Waals surface area contributed by atoms with Crippen LogP contribution in [0.5, 0.6) is 0 Å². The molecule has 18 heavy (non-hydrogen) atoms. The molecule has 0 atom stereocenters.